The zero-order valence-corrected chi connectivity index (χ0v) is 21.4. The molecule has 6 nitrogen and oxygen atoms in total. The quantitative estimate of drug-likeness (QED) is 0.245. The van der Waals surface area contributed by atoms with Gasteiger partial charge in [0.15, 0.2) is 5.96 Å². The Balaban J connectivity index is 0.00000363. The monoisotopic (exact) mass is 570 g/mol. The van der Waals surface area contributed by atoms with E-state index in [1.165, 1.54) is 5.56 Å². The molecule has 1 aliphatic heterocycles. The molecular weight excluding hydrogens is 539 g/mol. The molecule has 0 bridgehead atoms. The van der Waals surface area contributed by atoms with Gasteiger partial charge in [-0.2, -0.15) is 0 Å². The fourth-order valence-corrected chi connectivity index (χ4v) is 3.79. The molecule has 3 N–H and O–H groups in total. The Morgan fingerprint density at radius 2 is 1.91 bits per heavy atom. The summed E-state index contributed by atoms with van der Waals surface area (Å²) in [6, 6.07) is 17.4. The highest BCUT2D eigenvalue weighted by Gasteiger charge is 2.29. The van der Waals surface area contributed by atoms with E-state index >= 15 is 0 Å². The first-order valence-electron chi connectivity index (χ1n) is 10.8. The Hall–Kier alpha value is -1.84. The van der Waals surface area contributed by atoms with Crippen molar-refractivity contribution >= 4 is 47.4 Å². The number of carbonyl (C=O) groups is 1. The van der Waals surface area contributed by atoms with Crippen LogP contribution in [0.2, 0.25) is 5.02 Å². The Labute approximate surface area is 212 Å². The van der Waals surface area contributed by atoms with Crippen LogP contribution in [-0.2, 0) is 11.2 Å². The smallest absolute Gasteiger partial charge is 0.223 e. The molecule has 0 spiro atoms. The first-order chi connectivity index (χ1) is 15.0. The third-order valence-corrected chi connectivity index (χ3v) is 5.64. The molecule has 1 aliphatic rings. The minimum Gasteiger partial charge on any atom is -0.386 e. The van der Waals surface area contributed by atoms with Gasteiger partial charge in [0, 0.05) is 43.5 Å². The van der Waals surface area contributed by atoms with Crippen LogP contribution in [0.5, 0.6) is 0 Å². The molecule has 2 atom stereocenters. The number of likely N-dealkylation sites (tertiary alicyclic amines) is 1. The van der Waals surface area contributed by atoms with E-state index in [0.29, 0.717) is 23.9 Å². The third kappa shape index (κ3) is 8.26. The van der Waals surface area contributed by atoms with Gasteiger partial charge in [0.25, 0.3) is 0 Å². The number of aliphatic imine (C=N–C) groups is 1. The van der Waals surface area contributed by atoms with E-state index in [2.05, 4.69) is 27.8 Å². The van der Waals surface area contributed by atoms with E-state index in [-0.39, 0.29) is 42.3 Å². The zero-order valence-electron chi connectivity index (χ0n) is 18.3. The lowest BCUT2D eigenvalue weighted by molar-refractivity contribution is -0.127. The number of rotatable bonds is 9. The van der Waals surface area contributed by atoms with Gasteiger partial charge >= 0.3 is 0 Å². The SMILES string of the molecule is CCNC(=NCC(O)c1ccc(Cl)cc1)NCC1CC(=O)N(CCc2ccccc2)C1.I. The summed E-state index contributed by atoms with van der Waals surface area (Å²) in [6.45, 7) is 5.12. The number of carbonyl (C=O) groups excluding carboxylic acids is 1. The van der Waals surface area contributed by atoms with Gasteiger partial charge in [-0.15, -0.1) is 24.0 Å². The summed E-state index contributed by atoms with van der Waals surface area (Å²) in [4.78, 5) is 18.8. The Bertz CT molecular complexity index is 864. The van der Waals surface area contributed by atoms with Gasteiger partial charge in [-0.1, -0.05) is 54.1 Å². The van der Waals surface area contributed by atoms with E-state index in [0.717, 1.165) is 31.6 Å². The van der Waals surface area contributed by atoms with Gasteiger partial charge in [-0.3, -0.25) is 9.79 Å². The van der Waals surface area contributed by atoms with Crippen molar-refractivity contribution in [1.29, 1.82) is 0 Å². The number of aliphatic hydroxyl groups is 1. The number of nitrogens with one attached hydrogen (secondary N) is 2. The van der Waals surface area contributed by atoms with Crippen LogP contribution < -0.4 is 10.6 Å². The molecule has 2 aromatic rings. The molecule has 8 heteroatoms. The minimum absolute atomic E-state index is 0. The molecule has 174 valence electrons. The Morgan fingerprint density at radius 3 is 2.59 bits per heavy atom. The maximum atomic E-state index is 12.4. The fourth-order valence-electron chi connectivity index (χ4n) is 3.67. The summed E-state index contributed by atoms with van der Waals surface area (Å²) < 4.78 is 0. The van der Waals surface area contributed by atoms with E-state index in [4.69, 9.17) is 11.6 Å². The number of guanidine groups is 1. The number of aliphatic hydroxyl groups excluding tert-OH is 1. The van der Waals surface area contributed by atoms with Gasteiger partial charge in [-0.05, 0) is 36.6 Å². The Morgan fingerprint density at radius 1 is 1.19 bits per heavy atom. The summed E-state index contributed by atoms with van der Waals surface area (Å²) in [5, 5.41) is 17.5. The van der Waals surface area contributed by atoms with E-state index < -0.39 is 6.10 Å². The molecule has 2 unspecified atom stereocenters. The molecule has 32 heavy (non-hydrogen) atoms. The van der Waals surface area contributed by atoms with Crippen molar-refractivity contribution in [3.63, 3.8) is 0 Å². The highest BCUT2D eigenvalue weighted by molar-refractivity contribution is 14.0. The molecule has 1 amide bonds. The minimum atomic E-state index is -0.700. The molecule has 0 saturated carbocycles. The second-order valence-corrected chi connectivity index (χ2v) is 8.25. The van der Waals surface area contributed by atoms with E-state index in [1.807, 2.05) is 30.0 Å². The summed E-state index contributed by atoms with van der Waals surface area (Å²) in [5.41, 5.74) is 2.03. The maximum Gasteiger partial charge on any atom is 0.223 e. The number of hydrogen-bond donors (Lipinski definition) is 3. The van der Waals surface area contributed by atoms with Crippen LogP contribution >= 0.6 is 35.6 Å². The van der Waals surface area contributed by atoms with Crippen LogP contribution in [0.1, 0.15) is 30.6 Å². The number of amides is 1. The molecule has 1 saturated heterocycles. The van der Waals surface area contributed by atoms with Crippen LogP contribution in [-0.4, -0.2) is 54.6 Å². The van der Waals surface area contributed by atoms with Crippen molar-refractivity contribution in [3.8, 4) is 0 Å². The first-order valence-corrected chi connectivity index (χ1v) is 11.2. The van der Waals surface area contributed by atoms with Crippen molar-refractivity contribution in [3.05, 3.63) is 70.7 Å². The molecule has 0 radical (unpaired) electrons. The topological polar surface area (TPSA) is 77.0 Å². The normalized spacial score (nSPS) is 17.1. The number of hydrogen-bond acceptors (Lipinski definition) is 3. The van der Waals surface area contributed by atoms with Crippen LogP contribution in [0.3, 0.4) is 0 Å². The second-order valence-electron chi connectivity index (χ2n) is 7.81. The predicted octanol–water partition coefficient (Wildman–Crippen LogP) is 3.64. The van der Waals surface area contributed by atoms with Crippen LogP contribution in [0.25, 0.3) is 0 Å². The van der Waals surface area contributed by atoms with Gasteiger partial charge < -0.3 is 20.6 Å². The average Bonchev–Trinajstić information content (AvgIpc) is 3.14. The molecule has 3 rings (SSSR count). The summed E-state index contributed by atoms with van der Waals surface area (Å²) in [7, 11) is 0. The largest absolute Gasteiger partial charge is 0.386 e. The molecule has 1 heterocycles. The molecule has 1 fully saturated rings. The van der Waals surface area contributed by atoms with Gasteiger partial charge in [0.05, 0.1) is 12.6 Å². The zero-order chi connectivity index (χ0) is 22.1. The van der Waals surface area contributed by atoms with Crippen LogP contribution in [0, 0.1) is 5.92 Å². The van der Waals surface area contributed by atoms with Crippen molar-refractivity contribution in [2.45, 2.75) is 25.9 Å². The van der Waals surface area contributed by atoms with Crippen molar-refractivity contribution in [2.75, 3.05) is 32.7 Å². The standard InChI is InChI=1S/C24H31ClN4O2.HI/c1-2-26-24(28-16-22(30)20-8-10-21(25)11-9-20)27-15-19-14-23(31)29(17-19)13-12-18-6-4-3-5-7-18;/h3-11,19,22,30H,2,12-17H2,1H3,(H2,26,27,28);1H. The van der Waals surface area contributed by atoms with Gasteiger partial charge in [0.1, 0.15) is 0 Å². The number of nitrogens with zero attached hydrogens (tertiary/aromatic N) is 2. The first kappa shape index (κ1) is 26.4. The van der Waals surface area contributed by atoms with Crippen molar-refractivity contribution in [1.82, 2.24) is 15.5 Å². The molecular formula is C24H32ClIN4O2. The lowest BCUT2D eigenvalue weighted by Gasteiger charge is -2.18. The number of benzene rings is 2. The maximum absolute atomic E-state index is 12.4. The summed E-state index contributed by atoms with van der Waals surface area (Å²) >= 11 is 5.90. The van der Waals surface area contributed by atoms with Crippen LogP contribution in [0.4, 0.5) is 0 Å². The lowest BCUT2D eigenvalue weighted by atomic mass is 10.1. The summed E-state index contributed by atoms with van der Waals surface area (Å²) in [6.07, 6.45) is 0.725. The average molecular weight is 571 g/mol. The van der Waals surface area contributed by atoms with Crippen LogP contribution in [0.15, 0.2) is 59.6 Å². The van der Waals surface area contributed by atoms with Crippen molar-refractivity contribution in [2.24, 2.45) is 10.9 Å². The summed E-state index contributed by atoms with van der Waals surface area (Å²) in [5.74, 6) is 1.10. The van der Waals surface area contributed by atoms with Crippen molar-refractivity contribution < 1.29 is 9.90 Å². The predicted molar refractivity (Wildman–Crippen MR) is 141 cm³/mol. The molecule has 0 aliphatic carbocycles. The van der Waals surface area contributed by atoms with Gasteiger partial charge in [0.2, 0.25) is 5.91 Å². The molecule has 0 aromatic heterocycles. The van der Waals surface area contributed by atoms with Gasteiger partial charge in [-0.25, -0.2) is 0 Å². The number of halogens is 2. The Kier molecular flexibility index (Phi) is 11.3. The lowest BCUT2D eigenvalue weighted by Crippen LogP contribution is -2.40. The fraction of sp³-hybridized carbons (Fsp3) is 0.417. The third-order valence-electron chi connectivity index (χ3n) is 5.39. The highest BCUT2D eigenvalue weighted by atomic mass is 127. The molecule has 2 aromatic carbocycles. The van der Waals surface area contributed by atoms with E-state index in [9.17, 15) is 9.90 Å². The second kappa shape index (κ2) is 13.6. The van der Waals surface area contributed by atoms with E-state index in [1.54, 1.807) is 24.3 Å². The highest BCUT2D eigenvalue weighted by Crippen LogP contribution is 2.18.